The Morgan fingerprint density at radius 2 is 1.79 bits per heavy atom. The highest BCUT2D eigenvalue weighted by Gasteiger charge is 2.03. The summed E-state index contributed by atoms with van der Waals surface area (Å²) in [5.41, 5.74) is 4.55. The van der Waals surface area contributed by atoms with E-state index in [9.17, 15) is 0 Å². The fraction of sp³-hybridized carbons (Fsp3) is 0.158. The van der Waals surface area contributed by atoms with Crippen molar-refractivity contribution in [3.63, 3.8) is 0 Å². The van der Waals surface area contributed by atoms with Crippen molar-refractivity contribution in [2.75, 3.05) is 10.6 Å². The maximum atomic E-state index is 5.90. The summed E-state index contributed by atoms with van der Waals surface area (Å²) in [7, 11) is 0. The van der Waals surface area contributed by atoms with Gasteiger partial charge in [-0.05, 0) is 49.2 Å². The molecule has 0 unspecified atom stereocenters. The number of nitrogens with one attached hydrogen (secondary N) is 2. The standard InChI is InChI=1S/C19H19ClN4/c1-13-3-8-17(14(2)11-13)23-19-21-10-9-18(24-19)22-12-15-4-6-16(20)7-5-15/h3-11H,12H2,1-2H3,(H2,21,22,23,24). The van der Waals surface area contributed by atoms with Gasteiger partial charge in [0.15, 0.2) is 0 Å². The molecule has 1 heterocycles. The van der Waals surface area contributed by atoms with Gasteiger partial charge in [0.05, 0.1) is 0 Å². The molecule has 3 aromatic rings. The number of nitrogens with zero attached hydrogens (tertiary/aromatic N) is 2. The van der Waals surface area contributed by atoms with Crippen molar-refractivity contribution in [1.82, 2.24) is 9.97 Å². The minimum absolute atomic E-state index is 0.572. The van der Waals surface area contributed by atoms with Crippen LogP contribution in [0.1, 0.15) is 16.7 Å². The van der Waals surface area contributed by atoms with Crippen LogP contribution in [-0.4, -0.2) is 9.97 Å². The number of rotatable bonds is 5. The summed E-state index contributed by atoms with van der Waals surface area (Å²) in [4.78, 5) is 8.79. The lowest BCUT2D eigenvalue weighted by Crippen LogP contribution is -2.04. The minimum Gasteiger partial charge on any atom is -0.366 e. The molecule has 0 aliphatic heterocycles. The Labute approximate surface area is 146 Å². The van der Waals surface area contributed by atoms with Crippen LogP contribution in [0.5, 0.6) is 0 Å². The Kier molecular flexibility index (Phi) is 4.96. The van der Waals surface area contributed by atoms with Crippen LogP contribution in [0.3, 0.4) is 0 Å². The van der Waals surface area contributed by atoms with E-state index in [1.54, 1.807) is 6.20 Å². The first-order valence-corrected chi connectivity index (χ1v) is 8.13. The molecule has 0 spiro atoms. The van der Waals surface area contributed by atoms with Crippen LogP contribution in [-0.2, 0) is 6.54 Å². The largest absolute Gasteiger partial charge is 0.366 e. The molecule has 2 N–H and O–H groups in total. The molecule has 24 heavy (non-hydrogen) atoms. The third-order valence-electron chi connectivity index (χ3n) is 3.67. The summed E-state index contributed by atoms with van der Waals surface area (Å²) in [5, 5.41) is 7.30. The Morgan fingerprint density at radius 3 is 2.54 bits per heavy atom. The predicted molar refractivity (Wildman–Crippen MR) is 100 cm³/mol. The average Bonchev–Trinajstić information content (AvgIpc) is 2.57. The molecule has 0 fully saturated rings. The Hall–Kier alpha value is -2.59. The second-order valence-corrected chi connectivity index (χ2v) is 6.13. The molecule has 4 nitrogen and oxygen atoms in total. The molecule has 2 aromatic carbocycles. The Morgan fingerprint density at radius 1 is 1.00 bits per heavy atom. The van der Waals surface area contributed by atoms with E-state index in [4.69, 9.17) is 11.6 Å². The van der Waals surface area contributed by atoms with E-state index in [0.29, 0.717) is 12.5 Å². The van der Waals surface area contributed by atoms with Gasteiger partial charge in [-0.1, -0.05) is 41.4 Å². The van der Waals surface area contributed by atoms with Gasteiger partial charge in [0, 0.05) is 23.5 Å². The molecule has 0 atom stereocenters. The summed E-state index contributed by atoms with van der Waals surface area (Å²) in [6, 6.07) is 15.8. The Balaban J connectivity index is 1.68. The van der Waals surface area contributed by atoms with Crippen molar-refractivity contribution in [1.29, 1.82) is 0 Å². The average molecular weight is 339 g/mol. The molecule has 0 amide bonds. The van der Waals surface area contributed by atoms with Gasteiger partial charge >= 0.3 is 0 Å². The summed E-state index contributed by atoms with van der Waals surface area (Å²) in [5.74, 6) is 1.34. The first-order chi connectivity index (χ1) is 11.6. The lowest BCUT2D eigenvalue weighted by Gasteiger charge is -2.10. The van der Waals surface area contributed by atoms with E-state index in [1.807, 2.05) is 36.4 Å². The first kappa shape index (κ1) is 16.3. The number of benzene rings is 2. The highest BCUT2D eigenvalue weighted by Crippen LogP contribution is 2.20. The van der Waals surface area contributed by atoms with Crippen LogP contribution in [0, 0.1) is 13.8 Å². The van der Waals surface area contributed by atoms with Crippen molar-refractivity contribution < 1.29 is 0 Å². The number of hydrogen-bond donors (Lipinski definition) is 2. The van der Waals surface area contributed by atoms with Crippen LogP contribution in [0.2, 0.25) is 5.02 Å². The van der Waals surface area contributed by atoms with E-state index in [2.05, 4.69) is 46.6 Å². The molecule has 5 heteroatoms. The number of anilines is 3. The van der Waals surface area contributed by atoms with E-state index < -0.39 is 0 Å². The zero-order chi connectivity index (χ0) is 16.9. The van der Waals surface area contributed by atoms with Gasteiger partial charge in [0.25, 0.3) is 0 Å². The van der Waals surface area contributed by atoms with E-state index >= 15 is 0 Å². The SMILES string of the molecule is Cc1ccc(Nc2nccc(NCc3ccc(Cl)cc3)n2)c(C)c1. The molecule has 0 radical (unpaired) electrons. The third-order valence-corrected chi connectivity index (χ3v) is 3.92. The van der Waals surface area contributed by atoms with Gasteiger partial charge in [-0.3, -0.25) is 0 Å². The van der Waals surface area contributed by atoms with Crippen molar-refractivity contribution >= 4 is 29.1 Å². The zero-order valence-corrected chi connectivity index (χ0v) is 14.4. The number of aryl methyl sites for hydroxylation is 2. The van der Waals surface area contributed by atoms with Crippen molar-refractivity contribution in [3.8, 4) is 0 Å². The van der Waals surface area contributed by atoms with Crippen molar-refractivity contribution in [3.05, 3.63) is 76.4 Å². The smallest absolute Gasteiger partial charge is 0.229 e. The van der Waals surface area contributed by atoms with Crippen molar-refractivity contribution in [2.45, 2.75) is 20.4 Å². The third kappa shape index (κ3) is 4.24. The maximum Gasteiger partial charge on any atom is 0.229 e. The number of aromatic nitrogens is 2. The lowest BCUT2D eigenvalue weighted by molar-refractivity contribution is 1.08. The highest BCUT2D eigenvalue weighted by molar-refractivity contribution is 6.30. The van der Waals surface area contributed by atoms with Crippen molar-refractivity contribution in [2.24, 2.45) is 0 Å². The monoisotopic (exact) mass is 338 g/mol. The molecule has 0 aliphatic rings. The summed E-state index contributed by atoms with van der Waals surface area (Å²) in [6.07, 6.45) is 1.74. The molecular weight excluding hydrogens is 320 g/mol. The normalized spacial score (nSPS) is 10.5. The molecule has 0 bridgehead atoms. The van der Waals surface area contributed by atoms with Gasteiger partial charge in [0.2, 0.25) is 5.95 Å². The quantitative estimate of drug-likeness (QED) is 0.679. The molecule has 3 rings (SSSR count). The lowest BCUT2D eigenvalue weighted by atomic mass is 10.1. The molecule has 1 aromatic heterocycles. The fourth-order valence-electron chi connectivity index (χ4n) is 2.39. The van der Waals surface area contributed by atoms with Crippen LogP contribution >= 0.6 is 11.6 Å². The van der Waals surface area contributed by atoms with Gasteiger partial charge in [-0.25, -0.2) is 4.98 Å². The second-order valence-electron chi connectivity index (χ2n) is 5.69. The van der Waals surface area contributed by atoms with Gasteiger partial charge < -0.3 is 10.6 Å². The summed E-state index contributed by atoms with van der Waals surface area (Å²) in [6.45, 7) is 4.82. The zero-order valence-electron chi connectivity index (χ0n) is 13.7. The molecule has 122 valence electrons. The molecule has 0 saturated carbocycles. The Bertz CT molecular complexity index is 831. The van der Waals surface area contributed by atoms with E-state index in [1.165, 1.54) is 5.56 Å². The minimum atomic E-state index is 0.572. The van der Waals surface area contributed by atoms with Crippen LogP contribution in [0.15, 0.2) is 54.7 Å². The van der Waals surface area contributed by atoms with Crippen LogP contribution in [0.25, 0.3) is 0 Å². The predicted octanol–water partition coefficient (Wildman–Crippen LogP) is 5.10. The van der Waals surface area contributed by atoms with E-state index in [0.717, 1.165) is 27.7 Å². The van der Waals surface area contributed by atoms with Crippen LogP contribution in [0.4, 0.5) is 17.5 Å². The van der Waals surface area contributed by atoms with Gasteiger partial charge in [-0.2, -0.15) is 4.98 Å². The van der Waals surface area contributed by atoms with Gasteiger partial charge in [0.1, 0.15) is 5.82 Å². The molecule has 0 saturated heterocycles. The molecule has 0 aliphatic carbocycles. The maximum absolute atomic E-state index is 5.90. The van der Waals surface area contributed by atoms with Gasteiger partial charge in [-0.15, -0.1) is 0 Å². The number of hydrogen-bond acceptors (Lipinski definition) is 4. The second kappa shape index (κ2) is 7.32. The van der Waals surface area contributed by atoms with E-state index in [-0.39, 0.29) is 0 Å². The topological polar surface area (TPSA) is 49.8 Å². The molecular formula is C19H19ClN4. The first-order valence-electron chi connectivity index (χ1n) is 7.76. The number of halogens is 1. The summed E-state index contributed by atoms with van der Waals surface area (Å²) >= 11 is 5.90. The fourth-order valence-corrected chi connectivity index (χ4v) is 2.51. The summed E-state index contributed by atoms with van der Waals surface area (Å²) < 4.78 is 0. The highest BCUT2D eigenvalue weighted by atomic mass is 35.5. The van der Waals surface area contributed by atoms with Crippen LogP contribution < -0.4 is 10.6 Å².